The highest BCUT2D eigenvalue weighted by atomic mass is 16.1. The van der Waals surface area contributed by atoms with Crippen molar-refractivity contribution in [1.82, 2.24) is 24.3 Å². The van der Waals surface area contributed by atoms with Crippen molar-refractivity contribution < 1.29 is 4.79 Å². The molecule has 2 aromatic carbocycles. The summed E-state index contributed by atoms with van der Waals surface area (Å²) in [5.41, 5.74) is 2.93. The molecular weight excluding hydrogens is 340 g/mol. The summed E-state index contributed by atoms with van der Waals surface area (Å²) in [5.74, 6) is 0.555. The molecule has 0 aliphatic heterocycles. The lowest BCUT2D eigenvalue weighted by Gasteiger charge is -2.08. The average molecular weight is 358 g/mol. The normalized spacial score (nSPS) is 10.7. The first-order valence-corrected chi connectivity index (χ1v) is 8.49. The molecule has 2 aromatic heterocycles. The van der Waals surface area contributed by atoms with Gasteiger partial charge in [0.05, 0.1) is 12.0 Å². The van der Waals surface area contributed by atoms with Crippen LogP contribution < -0.4 is 5.32 Å². The van der Waals surface area contributed by atoms with Crippen LogP contribution in [0.3, 0.4) is 0 Å². The molecule has 0 spiro atoms. The first-order chi connectivity index (χ1) is 13.1. The highest BCUT2D eigenvalue weighted by Gasteiger charge is 2.18. The van der Waals surface area contributed by atoms with E-state index >= 15 is 0 Å². The number of para-hydroxylation sites is 1. The number of rotatable bonds is 4. The minimum atomic E-state index is -0.231. The largest absolute Gasteiger partial charge is 0.340 e. The van der Waals surface area contributed by atoms with Gasteiger partial charge in [-0.15, -0.1) is 5.10 Å². The van der Waals surface area contributed by atoms with Crippen LogP contribution in [0, 0.1) is 6.92 Å². The van der Waals surface area contributed by atoms with Gasteiger partial charge in [0.2, 0.25) is 11.8 Å². The van der Waals surface area contributed by atoms with E-state index in [-0.39, 0.29) is 5.91 Å². The zero-order valence-corrected chi connectivity index (χ0v) is 15.0. The number of hydrogen-bond donors (Lipinski definition) is 1. The van der Waals surface area contributed by atoms with Crippen molar-refractivity contribution in [2.24, 2.45) is 7.05 Å². The van der Waals surface area contributed by atoms with Crippen LogP contribution in [-0.2, 0) is 7.05 Å². The fourth-order valence-corrected chi connectivity index (χ4v) is 2.78. The highest BCUT2D eigenvalue weighted by molar-refractivity contribution is 6.04. The van der Waals surface area contributed by atoms with Crippen LogP contribution in [-0.4, -0.2) is 30.2 Å². The topological polar surface area (TPSA) is 77.6 Å². The van der Waals surface area contributed by atoms with E-state index < -0.39 is 0 Å². The number of benzene rings is 2. The quantitative estimate of drug-likeness (QED) is 0.607. The van der Waals surface area contributed by atoms with Crippen LogP contribution in [0.25, 0.3) is 17.2 Å². The maximum atomic E-state index is 12.8. The van der Waals surface area contributed by atoms with E-state index in [0.29, 0.717) is 23.0 Å². The molecule has 7 nitrogen and oxygen atoms in total. The van der Waals surface area contributed by atoms with E-state index in [2.05, 4.69) is 20.4 Å². The smallest absolute Gasteiger partial charge is 0.258 e. The SMILES string of the molecule is Cc1ccccc1C(=O)Nc1nc(-c2cn(C)cn2)nn1-c1ccccc1. The summed E-state index contributed by atoms with van der Waals surface area (Å²) in [4.78, 5) is 21.6. The standard InChI is InChI=1S/C20H18N6O/c1-14-8-6-7-11-16(14)19(27)23-20-22-18(17-12-25(2)13-21-17)24-26(20)15-9-4-3-5-10-15/h3-13H,1-2H3,(H,22,23,24,27). The van der Waals surface area contributed by atoms with Crippen molar-refractivity contribution in [2.45, 2.75) is 6.92 Å². The second-order valence-electron chi connectivity index (χ2n) is 6.20. The van der Waals surface area contributed by atoms with Gasteiger partial charge in [-0.05, 0) is 30.7 Å². The van der Waals surface area contributed by atoms with Crippen LogP contribution >= 0.6 is 0 Å². The Morgan fingerprint density at radius 1 is 1.04 bits per heavy atom. The summed E-state index contributed by atoms with van der Waals surface area (Å²) in [6.07, 6.45) is 3.52. The molecule has 2 heterocycles. The first kappa shape index (κ1) is 16.7. The van der Waals surface area contributed by atoms with Crippen LogP contribution in [0.2, 0.25) is 0 Å². The zero-order valence-electron chi connectivity index (χ0n) is 15.0. The average Bonchev–Trinajstić information content (AvgIpc) is 3.29. The van der Waals surface area contributed by atoms with Gasteiger partial charge in [-0.1, -0.05) is 36.4 Å². The summed E-state index contributed by atoms with van der Waals surface area (Å²) >= 11 is 0. The molecule has 0 bridgehead atoms. The lowest BCUT2D eigenvalue weighted by Crippen LogP contribution is -2.16. The van der Waals surface area contributed by atoms with Crippen molar-refractivity contribution in [3.05, 3.63) is 78.2 Å². The Bertz CT molecular complexity index is 1100. The van der Waals surface area contributed by atoms with Gasteiger partial charge >= 0.3 is 0 Å². The van der Waals surface area contributed by atoms with E-state index in [1.807, 2.05) is 73.3 Å². The molecule has 1 N–H and O–H groups in total. The molecule has 0 unspecified atom stereocenters. The van der Waals surface area contributed by atoms with Crippen molar-refractivity contribution in [1.29, 1.82) is 0 Å². The van der Waals surface area contributed by atoms with E-state index in [0.717, 1.165) is 11.3 Å². The van der Waals surface area contributed by atoms with Gasteiger partial charge < -0.3 is 4.57 Å². The Labute approximate surface area is 156 Å². The van der Waals surface area contributed by atoms with Gasteiger partial charge in [0, 0.05) is 18.8 Å². The van der Waals surface area contributed by atoms with Gasteiger partial charge in [0.15, 0.2) is 0 Å². The van der Waals surface area contributed by atoms with Crippen molar-refractivity contribution in [2.75, 3.05) is 5.32 Å². The monoisotopic (exact) mass is 358 g/mol. The predicted octanol–water partition coefficient (Wildman–Crippen LogP) is 3.23. The number of nitrogens with one attached hydrogen (secondary N) is 1. The molecule has 0 aliphatic carbocycles. The van der Waals surface area contributed by atoms with E-state index in [9.17, 15) is 4.79 Å². The molecule has 0 radical (unpaired) electrons. The number of carbonyl (C=O) groups is 1. The molecule has 7 heteroatoms. The van der Waals surface area contributed by atoms with E-state index in [4.69, 9.17) is 0 Å². The fraction of sp³-hybridized carbons (Fsp3) is 0.100. The minimum Gasteiger partial charge on any atom is -0.340 e. The molecule has 0 saturated heterocycles. The zero-order chi connectivity index (χ0) is 18.8. The third-order valence-electron chi connectivity index (χ3n) is 4.16. The Morgan fingerprint density at radius 2 is 1.78 bits per heavy atom. The third kappa shape index (κ3) is 3.35. The lowest BCUT2D eigenvalue weighted by molar-refractivity contribution is 0.102. The first-order valence-electron chi connectivity index (χ1n) is 8.49. The third-order valence-corrected chi connectivity index (χ3v) is 4.16. The Hall–Kier alpha value is -3.74. The summed E-state index contributed by atoms with van der Waals surface area (Å²) in [6.45, 7) is 1.90. The Morgan fingerprint density at radius 3 is 2.48 bits per heavy atom. The lowest BCUT2D eigenvalue weighted by atomic mass is 10.1. The number of aromatic nitrogens is 5. The summed E-state index contributed by atoms with van der Waals surface area (Å²) in [5, 5.41) is 7.43. The van der Waals surface area contributed by atoms with Crippen LogP contribution in [0.15, 0.2) is 67.1 Å². The molecular formula is C20H18N6O. The van der Waals surface area contributed by atoms with E-state index in [1.165, 1.54) is 0 Å². The molecule has 0 aliphatic rings. The highest BCUT2D eigenvalue weighted by Crippen LogP contribution is 2.20. The van der Waals surface area contributed by atoms with Gasteiger partial charge in [-0.3, -0.25) is 10.1 Å². The maximum Gasteiger partial charge on any atom is 0.258 e. The van der Waals surface area contributed by atoms with Crippen LogP contribution in [0.4, 0.5) is 5.95 Å². The molecule has 4 rings (SSSR count). The Kier molecular flexibility index (Phi) is 4.25. The summed E-state index contributed by atoms with van der Waals surface area (Å²) in [6, 6.07) is 17.0. The van der Waals surface area contributed by atoms with Crippen LogP contribution in [0.5, 0.6) is 0 Å². The van der Waals surface area contributed by atoms with Crippen LogP contribution in [0.1, 0.15) is 15.9 Å². The van der Waals surface area contributed by atoms with Gasteiger partial charge in [-0.2, -0.15) is 9.67 Å². The number of nitrogens with zero attached hydrogens (tertiary/aromatic N) is 5. The van der Waals surface area contributed by atoms with Gasteiger partial charge in [0.1, 0.15) is 5.69 Å². The van der Waals surface area contributed by atoms with Gasteiger partial charge in [-0.25, -0.2) is 4.98 Å². The molecule has 1 amide bonds. The van der Waals surface area contributed by atoms with Crippen molar-refractivity contribution in [3.63, 3.8) is 0 Å². The molecule has 27 heavy (non-hydrogen) atoms. The molecule has 0 fully saturated rings. The molecule has 0 saturated carbocycles. The maximum absolute atomic E-state index is 12.8. The van der Waals surface area contributed by atoms with Crippen molar-refractivity contribution in [3.8, 4) is 17.2 Å². The number of carbonyl (C=O) groups excluding carboxylic acids is 1. The number of amides is 1. The number of anilines is 1. The Balaban J connectivity index is 1.75. The number of imidazole rings is 1. The predicted molar refractivity (Wildman–Crippen MR) is 103 cm³/mol. The summed E-state index contributed by atoms with van der Waals surface area (Å²) < 4.78 is 3.43. The van der Waals surface area contributed by atoms with E-state index in [1.54, 1.807) is 17.1 Å². The van der Waals surface area contributed by atoms with Crippen molar-refractivity contribution >= 4 is 11.9 Å². The second kappa shape index (κ2) is 6.87. The summed E-state index contributed by atoms with van der Waals surface area (Å²) in [7, 11) is 1.88. The fourth-order valence-electron chi connectivity index (χ4n) is 2.78. The molecule has 0 atom stereocenters. The second-order valence-corrected chi connectivity index (χ2v) is 6.20. The minimum absolute atomic E-state index is 0.231. The number of aryl methyl sites for hydroxylation is 2. The van der Waals surface area contributed by atoms with Gasteiger partial charge in [0.25, 0.3) is 5.91 Å². The number of hydrogen-bond acceptors (Lipinski definition) is 4. The molecule has 134 valence electrons. The molecule has 4 aromatic rings.